The van der Waals surface area contributed by atoms with Crippen LogP contribution in [0.4, 0.5) is 4.79 Å². The molecule has 0 aromatic heterocycles. The van der Waals surface area contributed by atoms with Crippen molar-refractivity contribution in [2.45, 2.75) is 63.3 Å². The van der Waals surface area contributed by atoms with Crippen molar-refractivity contribution in [1.82, 2.24) is 10.2 Å². The predicted molar refractivity (Wildman–Crippen MR) is 99.5 cm³/mol. The molecule has 4 bridgehead atoms. The lowest BCUT2D eigenvalue weighted by atomic mass is 9.46. The normalized spacial score (nSPS) is 39.0. The molecule has 2 unspecified atom stereocenters. The molecule has 3 nitrogen and oxygen atoms in total. The summed E-state index contributed by atoms with van der Waals surface area (Å²) in [5, 5.41) is 3.47. The topological polar surface area (TPSA) is 32.3 Å². The van der Waals surface area contributed by atoms with Crippen molar-refractivity contribution in [2.24, 2.45) is 17.8 Å². The zero-order chi connectivity index (χ0) is 17.0. The molecule has 134 valence electrons. The summed E-state index contributed by atoms with van der Waals surface area (Å²) in [4.78, 5) is 14.7. The standard InChI is InChI=1S/C22H30N2O/c1-15-4-6-19(7-5-15)22-12-16-10-17(13-22)20(18(11-16)14-22)23-21(25)24-8-2-3-9-24/h4-7,16-18,20H,2-3,8-14H2,1H3,(H,23,25). The van der Waals surface area contributed by atoms with Crippen molar-refractivity contribution in [3.63, 3.8) is 0 Å². The summed E-state index contributed by atoms with van der Waals surface area (Å²) >= 11 is 0. The summed E-state index contributed by atoms with van der Waals surface area (Å²) < 4.78 is 0. The fourth-order valence-corrected chi connectivity index (χ4v) is 6.67. The van der Waals surface area contributed by atoms with Gasteiger partial charge in [-0.3, -0.25) is 0 Å². The van der Waals surface area contributed by atoms with E-state index >= 15 is 0 Å². The lowest BCUT2D eigenvalue weighted by molar-refractivity contribution is -0.0321. The Morgan fingerprint density at radius 3 is 2.32 bits per heavy atom. The number of rotatable bonds is 2. The molecular weight excluding hydrogens is 308 g/mol. The molecule has 25 heavy (non-hydrogen) atoms. The molecule has 2 atom stereocenters. The molecule has 3 heteroatoms. The lowest BCUT2D eigenvalue weighted by Gasteiger charge is -2.60. The van der Waals surface area contributed by atoms with Gasteiger partial charge in [0.15, 0.2) is 0 Å². The number of urea groups is 1. The molecule has 4 aliphatic carbocycles. The largest absolute Gasteiger partial charge is 0.335 e. The van der Waals surface area contributed by atoms with E-state index in [0.29, 0.717) is 23.3 Å². The van der Waals surface area contributed by atoms with E-state index in [-0.39, 0.29) is 6.03 Å². The van der Waals surface area contributed by atoms with E-state index in [1.165, 1.54) is 50.5 Å². The zero-order valence-electron chi connectivity index (χ0n) is 15.3. The van der Waals surface area contributed by atoms with E-state index in [0.717, 1.165) is 19.0 Å². The van der Waals surface area contributed by atoms with Crippen LogP contribution in [0.15, 0.2) is 24.3 Å². The van der Waals surface area contributed by atoms with Gasteiger partial charge in [0.25, 0.3) is 0 Å². The summed E-state index contributed by atoms with van der Waals surface area (Å²) in [5.74, 6) is 2.23. The Labute approximate surface area is 151 Å². The third-order valence-corrected chi connectivity index (χ3v) is 7.62. The minimum atomic E-state index is 0.208. The summed E-state index contributed by atoms with van der Waals surface area (Å²) in [5.41, 5.74) is 3.30. The van der Waals surface area contributed by atoms with Gasteiger partial charge in [0.05, 0.1) is 0 Å². The van der Waals surface area contributed by atoms with Crippen LogP contribution in [0, 0.1) is 24.7 Å². The second kappa shape index (κ2) is 5.75. The summed E-state index contributed by atoms with van der Waals surface area (Å²) in [6.45, 7) is 4.07. The second-order valence-corrected chi connectivity index (χ2v) is 9.29. The van der Waals surface area contributed by atoms with Crippen LogP contribution in [0.1, 0.15) is 56.1 Å². The molecule has 1 aliphatic heterocycles. The number of nitrogens with one attached hydrogen (secondary N) is 1. The van der Waals surface area contributed by atoms with Gasteiger partial charge in [0.1, 0.15) is 0 Å². The molecule has 1 heterocycles. The SMILES string of the molecule is Cc1ccc(C23CC4CC(C2)C(NC(=O)N2CCCC2)C(C4)C3)cc1. The first-order valence-electron chi connectivity index (χ1n) is 10.3. The van der Waals surface area contributed by atoms with E-state index in [1.54, 1.807) is 5.56 Å². The van der Waals surface area contributed by atoms with E-state index in [2.05, 4.69) is 36.5 Å². The molecule has 5 fully saturated rings. The van der Waals surface area contributed by atoms with Gasteiger partial charge in [-0.05, 0) is 80.6 Å². The number of carbonyl (C=O) groups excluding carboxylic acids is 1. The van der Waals surface area contributed by atoms with Gasteiger partial charge in [-0.25, -0.2) is 4.79 Å². The van der Waals surface area contributed by atoms with Crippen LogP contribution in [0.5, 0.6) is 0 Å². The summed E-state index contributed by atoms with van der Waals surface area (Å²) in [6, 6.07) is 9.93. The van der Waals surface area contributed by atoms with Crippen LogP contribution in [0.3, 0.4) is 0 Å². The fraction of sp³-hybridized carbons (Fsp3) is 0.682. The van der Waals surface area contributed by atoms with Gasteiger partial charge >= 0.3 is 6.03 Å². The third kappa shape index (κ3) is 2.58. The van der Waals surface area contributed by atoms with Crippen LogP contribution in [0.25, 0.3) is 0 Å². The van der Waals surface area contributed by atoms with E-state index in [4.69, 9.17) is 0 Å². The van der Waals surface area contributed by atoms with Crippen molar-refractivity contribution >= 4 is 6.03 Å². The van der Waals surface area contributed by atoms with E-state index in [9.17, 15) is 4.79 Å². The highest BCUT2D eigenvalue weighted by Gasteiger charge is 2.56. The Morgan fingerprint density at radius 2 is 1.68 bits per heavy atom. The average Bonchev–Trinajstić information content (AvgIpc) is 3.12. The smallest absolute Gasteiger partial charge is 0.317 e. The second-order valence-electron chi connectivity index (χ2n) is 9.29. The lowest BCUT2D eigenvalue weighted by Crippen LogP contribution is -2.61. The number of carbonyl (C=O) groups is 1. The number of amides is 2. The maximum Gasteiger partial charge on any atom is 0.317 e. The summed E-state index contributed by atoms with van der Waals surface area (Å²) in [6.07, 6.45) is 8.91. The van der Waals surface area contributed by atoms with Gasteiger partial charge in [-0.15, -0.1) is 0 Å². The Morgan fingerprint density at radius 1 is 1.04 bits per heavy atom. The number of likely N-dealkylation sites (tertiary alicyclic amines) is 1. The highest BCUT2D eigenvalue weighted by Crippen LogP contribution is 2.60. The van der Waals surface area contributed by atoms with Crippen molar-refractivity contribution in [3.8, 4) is 0 Å². The highest BCUT2D eigenvalue weighted by atomic mass is 16.2. The first-order valence-corrected chi connectivity index (χ1v) is 10.3. The van der Waals surface area contributed by atoms with E-state index in [1.807, 2.05) is 4.90 Å². The van der Waals surface area contributed by atoms with E-state index < -0.39 is 0 Å². The molecule has 0 spiro atoms. The molecular formula is C22H30N2O. The molecule has 5 aliphatic rings. The van der Waals surface area contributed by atoms with Crippen LogP contribution < -0.4 is 5.32 Å². The Bertz CT molecular complexity index is 645. The average molecular weight is 338 g/mol. The first-order chi connectivity index (χ1) is 12.1. The molecule has 1 N–H and O–H groups in total. The molecule has 2 amide bonds. The van der Waals surface area contributed by atoms with Gasteiger partial charge < -0.3 is 10.2 Å². The van der Waals surface area contributed by atoms with Gasteiger partial charge in [-0.2, -0.15) is 0 Å². The molecule has 4 saturated carbocycles. The Balaban J connectivity index is 1.36. The minimum Gasteiger partial charge on any atom is -0.335 e. The quantitative estimate of drug-likeness (QED) is 0.859. The zero-order valence-corrected chi connectivity index (χ0v) is 15.3. The number of hydrogen-bond donors (Lipinski definition) is 1. The number of hydrogen-bond acceptors (Lipinski definition) is 1. The molecule has 6 rings (SSSR count). The van der Waals surface area contributed by atoms with Crippen LogP contribution >= 0.6 is 0 Å². The van der Waals surface area contributed by atoms with Crippen molar-refractivity contribution < 1.29 is 4.79 Å². The molecule has 1 saturated heterocycles. The molecule has 1 aromatic carbocycles. The van der Waals surface area contributed by atoms with Gasteiger partial charge in [-0.1, -0.05) is 29.8 Å². The third-order valence-electron chi connectivity index (χ3n) is 7.62. The molecule has 0 radical (unpaired) electrons. The number of aryl methyl sites for hydroxylation is 1. The Hall–Kier alpha value is -1.51. The minimum absolute atomic E-state index is 0.208. The summed E-state index contributed by atoms with van der Waals surface area (Å²) in [7, 11) is 0. The maximum absolute atomic E-state index is 12.6. The van der Waals surface area contributed by atoms with Crippen molar-refractivity contribution in [2.75, 3.05) is 13.1 Å². The van der Waals surface area contributed by atoms with Crippen LogP contribution in [0.2, 0.25) is 0 Å². The van der Waals surface area contributed by atoms with Crippen molar-refractivity contribution in [3.05, 3.63) is 35.4 Å². The van der Waals surface area contributed by atoms with Crippen LogP contribution in [-0.4, -0.2) is 30.1 Å². The monoisotopic (exact) mass is 338 g/mol. The van der Waals surface area contributed by atoms with Crippen LogP contribution in [-0.2, 0) is 5.41 Å². The maximum atomic E-state index is 12.6. The first kappa shape index (κ1) is 15.7. The predicted octanol–water partition coefficient (Wildman–Crippen LogP) is 4.25. The number of benzene rings is 1. The fourth-order valence-electron chi connectivity index (χ4n) is 6.67. The van der Waals surface area contributed by atoms with Gasteiger partial charge in [0.2, 0.25) is 0 Å². The van der Waals surface area contributed by atoms with Gasteiger partial charge in [0, 0.05) is 19.1 Å². The highest BCUT2D eigenvalue weighted by molar-refractivity contribution is 5.75. The van der Waals surface area contributed by atoms with Crippen molar-refractivity contribution in [1.29, 1.82) is 0 Å². The number of nitrogens with zero attached hydrogens (tertiary/aromatic N) is 1. The Kier molecular flexibility index (Phi) is 3.62. The molecule has 1 aromatic rings.